The lowest BCUT2D eigenvalue weighted by Crippen LogP contribution is -2.30. The van der Waals surface area contributed by atoms with E-state index >= 15 is 0 Å². The van der Waals surface area contributed by atoms with Gasteiger partial charge < -0.3 is 10.2 Å². The number of fused-ring (bicyclic) bond motifs is 1. The SMILES string of the molecule is C=CC(=O)Cl.C=CC(=O)N1CC[C@H](Nc2nnc(-c3ccc(C(F)(F)F)cc3)c3cccc(F)c23)C1. The molecule has 2 heterocycles. The van der Waals surface area contributed by atoms with Crippen LogP contribution in [0.3, 0.4) is 0 Å². The first kappa shape index (κ1) is 26.8. The van der Waals surface area contributed by atoms with Gasteiger partial charge >= 0.3 is 6.18 Å². The Labute approximate surface area is 209 Å². The van der Waals surface area contributed by atoms with Gasteiger partial charge in [-0.05, 0) is 48.4 Å². The number of rotatable bonds is 5. The Morgan fingerprint density at radius 1 is 1.08 bits per heavy atom. The van der Waals surface area contributed by atoms with Crippen LogP contribution >= 0.6 is 11.6 Å². The first-order chi connectivity index (χ1) is 17.0. The Bertz CT molecular complexity index is 1300. The predicted octanol–water partition coefficient (Wildman–Crippen LogP) is 5.59. The largest absolute Gasteiger partial charge is 0.416 e. The first-order valence-electron chi connectivity index (χ1n) is 10.7. The zero-order valence-electron chi connectivity index (χ0n) is 18.9. The van der Waals surface area contributed by atoms with Gasteiger partial charge in [0.2, 0.25) is 11.1 Å². The number of aromatic nitrogens is 2. The quantitative estimate of drug-likeness (QED) is 0.270. The van der Waals surface area contributed by atoms with Crippen LogP contribution in [0.1, 0.15) is 12.0 Å². The number of hydrogen-bond donors (Lipinski definition) is 1. The van der Waals surface area contributed by atoms with Gasteiger partial charge in [0.15, 0.2) is 5.82 Å². The zero-order chi connectivity index (χ0) is 26.5. The number of carbonyl (C=O) groups is 2. The van der Waals surface area contributed by atoms with E-state index in [2.05, 4.69) is 28.7 Å². The van der Waals surface area contributed by atoms with Crippen LogP contribution in [0.15, 0.2) is 67.8 Å². The highest BCUT2D eigenvalue weighted by Crippen LogP contribution is 2.34. The summed E-state index contributed by atoms with van der Waals surface area (Å²) in [5.74, 6) is -0.481. The van der Waals surface area contributed by atoms with E-state index in [1.165, 1.54) is 30.3 Å². The standard InChI is InChI=1S/C22H18F4N4O.C3H3ClO/c1-2-18(31)30-11-10-15(12-30)27-21-19-16(4-3-5-17(19)23)20(28-29-21)13-6-8-14(9-7-13)22(24,25)26;1-2-3(4)5/h2-9,15H,1,10-12H2,(H,27,29);2H,1H2/t15-;/m0./s1. The van der Waals surface area contributed by atoms with E-state index in [1.807, 2.05) is 0 Å². The number of alkyl halides is 3. The summed E-state index contributed by atoms with van der Waals surface area (Å²) in [5, 5.41) is 11.5. The van der Waals surface area contributed by atoms with Crippen LogP contribution in [0.2, 0.25) is 0 Å². The average Bonchev–Trinajstić information content (AvgIpc) is 3.32. The van der Waals surface area contributed by atoms with E-state index < -0.39 is 22.8 Å². The summed E-state index contributed by atoms with van der Waals surface area (Å²) in [7, 11) is 0. The van der Waals surface area contributed by atoms with E-state index in [4.69, 9.17) is 11.6 Å². The minimum atomic E-state index is -4.45. The Morgan fingerprint density at radius 3 is 2.33 bits per heavy atom. The Balaban J connectivity index is 0.000000658. The van der Waals surface area contributed by atoms with Crippen LogP contribution in [-0.2, 0) is 15.8 Å². The summed E-state index contributed by atoms with van der Waals surface area (Å²) in [5.41, 5.74) is -0.104. The van der Waals surface area contributed by atoms with Gasteiger partial charge in [0.05, 0.1) is 10.9 Å². The lowest BCUT2D eigenvalue weighted by molar-refractivity contribution is -0.137. The fourth-order valence-electron chi connectivity index (χ4n) is 3.70. The van der Waals surface area contributed by atoms with E-state index in [0.717, 1.165) is 18.2 Å². The van der Waals surface area contributed by atoms with Crippen molar-refractivity contribution in [3.8, 4) is 11.3 Å². The third-order valence-corrected chi connectivity index (χ3v) is 5.57. The minimum absolute atomic E-state index is 0.141. The Hall–Kier alpha value is -3.79. The van der Waals surface area contributed by atoms with Crippen molar-refractivity contribution in [1.29, 1.82) is 0 Å². The predicted molar refractivity (Wildman–Crippen MR) is 130 cm³/mol. The van der Waals surface area contributed by atoms with Crippen molar-refractivity contribution >= 4 is 39.3 Å². The summed E-state index contributed by atoms with van der Waals surface area (Å²) in [6, 6.07) is 8.80. The molecule has 0 bridgehead atoms. The molecule has 1 aliphatic rings. The van der Waals surface area contributed by atoms with Crippen LogP contribution in [0.25, 0.3) is 22.0 Å². The highest BCUT2D eigenvalue weighted by atomic mass is 35.5. The third kappa shape index (κ3) is 6.25. The van der Waals surface area contributed by atoms with Gasteiger partial charge in [-0.2, -0.15) is 13.2 Å². The number of likely N-dealkylation sites (tertiary alicyclic amines) is 1. The molecule has 0 aliphatic carbocycles. The fraction of sp³-hybridized carbons (Fsp3) is 0.200. The van der Waals surface area contributed by atoms with Gasteiger partial charge in [-0.15, -0.1) is 10.2 Å². The highest BCUT2D eigenvalue weighted by Gasteiger charge is 2.30. The number of benzene rings is 2. The molecular formula is C25H21ClF4N4O2. The summed E-state index contributed by atoms with van der Waals surface area (Å²) >= 11 is 4.71. The molecule has 0 unspecified atom stereocenters. The maximum Gasteiger partial charge on any atom is 0.416 e. The molecule has 1 saturated heterocycles. The smallest absolute Gasteiger partial charge is 0.363 e. The molecule has 1 atom stereocenters. The zero-order valence-corrected chi connectivity index (χ0v) is 19.6. The Kier molecular flexibility index (Phi) is 8.41. The topological polar surface area (TPSA) is 75.2 Å². The lowest BCUT2D eigenvalue weighted by Gasteiger charge is -2.17. The van der Waals surface area contributed by atoms with Crippen molar-refractivity contribution in [2.24, 2.45) is 0 Å². The molecule has 1 N–H and O–H groups in total. The second kappa shape index (κ2) is 11.3. The lowest BCUT2D eigenvalue weighted by atomic mass is 10.0. The maximum atomic E-state index is 14.8. The molecule has 4 rings (SSSR count). The van der Waals surface area contributed by atoms with E-state index in [9.17, 15) is 27.2 Å². The number of nitrogens with zero attached hydrogens (tertiary/aromatic N) is 3. The number of nitrogens with one attached hydrogen (secondary N) is 1. The molecular weight excluding hydrogens is 500 g/mol. The summed E-state index contributed by atoms with van der Waals surface area (Å²) < 4.78 is 53.3. The molecule has 188 valence electrons. The number of amides is 1. The number of allylic oxidation sites excluding steroid dienone is 1. The molecule has 0 saturated carbocycles. The van der Waals surface area contributed by atoms with Crippen LogP contribution in [0, 0.1) is 5.82 Å². The van der Waals surface area contributed by atoms with Crippen molar-refractivity contribution in [2.45, 2.75) is 18.6 Å². The van der Waals surface area contributed by atoms with Crippen LogP contribution in [0.4, 0.5) is 23.4 Å². The van der Waals surface area contributed by atoms with E-state index in [1.54, 1.807) is 11.0 Å². The van der Waals surface area contributed by atoms with Gasteiger partial charge in [-0.1, -0.05) is 37.4 Å². The van der Waals surface area contributed by atoms with E-state index in [-0.39, 0.29) is 28.8 Å². The number of anilines is 1. The van der Waals surface area contributed by atoms with Gasteiger partial charge in [0, 0.05) is 30.1 Å². The average molecular weight is 521 g/mol. The van der Waals surface area contributed by atoms with Crippen molar-refractivity contribution in [1.82, 2.24) is 15.1 Å². The van der Waals surface area contributed by atoms with Gasteiger partial charge in [-0.3, -0.25) is 9.59 Å². The number of carbonyl (C=O) groups excluding carboxylic acids is 2. The molecule has 0 spiro atoms. The number of hydrogen-bond acceptors (Lipinski definition) is 5. The molecule has 11 heteroatoms. The Morgan fingerprint density at radius 2 is 1.75 bits per heavy atom. The summed E-state index contributed by atoms with van der Waals surface area (Å²) in [6.07, 6.45) is -1.51. The normalized spacial score (nSPS) is 15.1. The van der Waals surface area contributed by atoms with Crippen molar-refractivity contribution in [2.75, 3.05) is 18.4 Å². The summed E-state index contributed by atoms with van der Waals surface area (Å²) in [4.78, 5) is 22.9. The minimum Gasteiger partial charge on any atom is -0.363 e. The first-order valence-corrected chi connectivity index (χ1v) is 11.0. The van der Waals surface area contributed by atoms with Crippen molar-refractivity contribution < 1.29 is 27.2 Å². The van der Waals surface area contributed by atoms with Crippen molar-refractivity contribution in [3.63, 3.8) is 0 Å². The molecule has 6 nitrogen and oxygen atoms in total. The van der Waals surface area contributed by atoms with Gasteiger partial charge in [0.1, 0.15) is 11.5 Å². The van der Waals surface area contributed by atoms with Gasteiger partial charge in [0.25, 0.3) is 0 Å². The van der Waals surface area contributed by atoms with Crippen molar-refractivity contribution in [3.05, 3.63) is 79.2 Å². The second-order valence-electron chi connectivity index (χ2n) is 7.76. The van der Waals surface area contributed by atoms with Gasteiger partial charge in [-0.25, -0.2) is 4.39 Å². The second-order valence-corrected chi connectivity index (χ2v) is 8.13. The molecule has 3 aromatic rings. The molecule has 36 heavy (non-hydrogen) atoms. The third-order valence-electron chi connectivity index (χ3n) is 5.42. The van der Waals surface area contributed by atoms with E-state index in [0.29, 0.717) is 30.5 Å². The monoisotopic (exact) mass is 520 g/mol. The number of halogens is 5. The maximum absolute atomic E-state index is 14.8. The fourth-order valence-corrected chi connectivity index (χ4v) is 3.70. The van der Waals surface area contributed by atoms with Crippen LogP contribution < -0.4 is 5.32 Å². The summed E-state index contributed by atoms with van der Waals surface area (Å²) in [6.45, 7) is 7.52. The molecule has 1 aliphatic heterocycles. The molecule has 1 fully saturated rings. The molecule has 2 aromatic carbocycles. The van der Waals surface area contributed by atoms with Crippen LogP contribution in [-0.4, -0.2) is 45.4 Å². The van der Waals surface area contributed by atoms with Crippen LogP contribution in [0.5, 0.6) is 0 Å². The highest BCUT2D eigenvalue weighted by molar-refractivity contribution is 6.66. The molecule has 1 amide bonds. The molecule has 1 aromatic heterocycles. The molecule has 0 radical (unpaired) electrons.